The molecular weight excluding hydrogens is 2170 g/mol. The molecule has 12 nitrogen and oxygen atoms in total. The van der Waals surface area contributed by atoms with Crippen LogP contribution in [-0.4, -0.2) is 84.7 Å². The maximum Gasteiger partial charge on any atom is 0.123 e. The van der Waals surface area contributed by atoms with E-state index in [0.717, 1.165) is 124 Å². The van der Waals surface area contributed by atoms with E-state index in [4.69, 9.17) is 50.3 Å². The summed E-state index contributed by atoms with van der Waals surface area (Å²) < 4.78 is 26.4. The third kappa shape index (κ3) is 27.8. The minimum Gasteiger partial charge on any atom is -0.393 e. The number of nitrogens with zero attached hydrogens (tertiary/aromatic N) is 8. The first kappa shape index (κ1) is 92.5. The zero-order valence-electron chi connectivity index (χ0n) is 63.6. The summed E-state index contributed by atoms with van der Waals surface area (Å²) in [5.74, 6) is -0.536. The third-order valence-corrected chi connectivity index (χ3v) is 16.9. The number of halogens is 2. The van der Waals surface area contributed by atoms with Gasteiger partial charge in [-0.25, -0.2) is 8.78 Å². The van der Waals surface area contributed by atoms with Gasteiger partial charge >= 0.3 is 0 Å². The van der Waals surface area contributed by atoms with Crippen molar-refractivity contribution in [2.45, 2.75) is 65.0 Å². The molecule has 0 fully saturated rings. The molecule has 0 saturated heterocycles. The van der Waals surface area contributed by atoms with Crippen LogP contribution in [-0.2, 0) is 82.3 Å². The Kier molecular flexibility index (Phi) is 38.8. The van der Waals surface area contributed by atoms with E-state index in [1.165, 1.54) is 24.3 Å². The van der Waals surface area contributed by atoms with Gasteiger partial charge in [0.1, 0.15) is 11.6 Å². The molecule has 4 aromatic heterocycles. The largest absolute Gasteiger partial charge is 0.393 e. The third-order valence-electron chi connectivity index (χ3n) is 16.9. The van der Waals surface area contributed by atoms with Crippen molar-refractivity contribution in [3.63, 3.8) is 0 Å². The van der Waals surface area contributed by atoms with Gasteiger partial charge in [0.25, 0.3) is 0 Å². The van der Waals surface area contributed by atoms with Gasteiger partial charge in [-0.3, -0.25) is 19.9 Å². The quantitative estimate of drug-likeness (QED) is 0.0673. The predicted molar refractivity (Wildman–Crippen MR) is 445 cm³/mol. The maximum atomic E-state index is 13.2. The zero-order valence-corrected chi connectivity index (χ0v) is 73.0. The molecule has 594 valence electrons. The smallest absolute Gasteiger partial charge is 0.123 e. The van der Waals surface area contributed by atoms with Crippen LogP contribution in [0.25, 0.3) is 135 Å². The molecule has 16 rings (SSSR count). The van der Waals surface area contributed by atoms with Crippen molar-refractivity contribution in [1.82, 2.24) is 39.9 Å². The SMILES string of the molecule is CC(O)CC(C)O.CC(O)CC(C)O.Fc1ccc(-c2cnc(-c3[c-]cccc3)c(-c3ccccc3)n2)cc1.Fc1ccc(-c2cnc(-c3[c-]cccc3)c(-c3ccccc3)n2)cc1.[Ir].[Ir].[Pt].[Pt].[c-]1ccccc1-c1ncc(-c2ccccc2)nc1-c1ccccc1.[c-]1ccccc1-c1ncc(-c2ccccc2)nc1-c1ccccc1. The van der Waals surface area contributed by atoms with Crippen LogP contribution in [0.1, 0.15) is 40.5 Å². The predicted octanol–water partition coefficient (Wildman–Crippen LogP) is 21.7. The molecule has 0 aliphatic rings. The van der Waals surface area contributed by atoms with Gasteiger partial charge in [-0.05, 0) is 111 Å². The molecule has 0 aliphatic heterocycles. The van der Waals surface area contributed by atoms with Crippen molar-refractivity contribution in [3.8, 4) is 135 Å². The first-order valence-corrected chi connectivity index (χ1v) is 36.6. The number of aliphatic hydroxyl groups excluding tert-OH is 4. The van der Waals surface area contributed by atoms with E-state index in [2.05, 4.69) is 58.5 Å². The number of rotatable bonds is 16. The standard InChI is InChI=1S/2C22H14FN2.2C22H15N2.2C5H12O2.2Ir.2Pt/c2*23-19-13-11-16(12-14-19)20-15-24-21(17-7-3-1-4-8-17)22(25-20)18-9-5-2-6-10-18;2*1-4-10-17(11-5-1)20-16-23-21(18-12-6-2-7-13-18)22(24-20)19-14-8-3-9-15-19;2*1-4(6)3-5(2)7;;;;/h2*1-7,9-15H;2*1-12,14-16H;2*4-7H,3H2,1-2H3;;;;/q4*-1;;;;;;. The van der Waals surface area contributed by atoms with E-state index < -0.39 is 0 Å². The molecule has 0 amide bonds. The summed E-state index contributed by atoms with van der Waals surface area (Å²) in [4.78, 5) is 38.1. The van der Waals surface area contributed by atoms with E-state index in [0.29, 0.717) is 24.2 Å². The summed E-state index contributed by atoms with van der Waals surface area (Å²) in [6, 6.07) is 117. The summed E-state index contributed by atoms with van der Waals surface area (Å²) in [7, 11) is 0. The van der Waals surface area contributed by atoms with E-state index in [9.17, 15) is 8.78 Å². The second kappa shape index (κ2) is 48.6. The van der Waals surface area contributed by atoms with Crippen LogP contribution in [0.3, 0.4) is 0 Å². The zero-order chi connectivity index (χ0) is 78.2. The molecule has 4 heterocycles. The van der Waals surface area contributed by atoms with Gasteiger partial charge in [0.05, 0.1) is 70.0 Å². The number of benzene rings is 12. The van der Waals surface area contributed by atoms with Gasteiger partial charge in [-0.1, -0.05) is 182 Å². The van der Waals surface area contributed by atoms with Crippen molar-refractivity contribution >= 4 is 0 Å². The molecule has 12 aromatic carbocycles. The van der Waals surface area contributed by atoms with Crippen LogP contribution in [0.2, 0.25) is 0 Å². The van der Waals surface area contributed by atoms with E-state index in [-0.39, 0.29) is 118 Å². The number of hydrogen-bond donors (Lipinski definition) is 4. The number of aliphatic hydroxyl groups is 4. The minimum atomic E-state index is -0.375. The topological polar surface area (TPSA) is 184 Å². The first-order valence-electron chi connectivity index (χ1n) is 36.6. The summed E-state index contributed by atoms with van der Waals surface area (Å²) >= 11 is 0. The molecule has 4 atom stereocenters. The number of hydrogen-bond acceptors (Lipinski definition) is 12. The summed E-state index contributed by atoms with van der Waals surface area (Å²) in [6.07, 6.45) is 6.54. The van der Waals surface area contributed by atoms with E-state index in [1.54, 1.807) is 64.4 Å². The Bertz CT molecular complexity index is 5120. The van der Waals surface area contributed by atoms with Gasteiger partial charge in [0, 0.05) is 152 Å². The summed E-state index contributed by atoms with van der Waals surface area (Å²) in [5.41, 5.74) is 21.2. The second-order valence-electron chi connectivity index (χ2n) is 26.0. The Hall–Kier alpha value is -10.7. The molecule has 2 radical (unpaired) electrons. The second-order valence-corrected chi connectivity index (χ2v) is 26.0. The number of aromatic nitrogens is 8. The molecule has 4 unspecified atom stereocenters. The first-order chi connectivity index (χ1) is 54.7. The fraction of sp³-hybridized carbons (Fsp3) is 0.102. The Labute approximate surface area is 733 Å². The van der Waals surface area contributed by atoms with E-state index in [1.807, 2.05) is 267 Å². The Morgan fingerprint density at radius 1 is 0.241 bits per heavy atom. The van der Waals surface area contributed by atoms with Gasteiger partial charge in [-0.15, -0.1) is 144 Å². The van der Waals surface area contributed by atoms with Gasteiger partial charge < -0.3 is 40.4 Å². The summed E-state index contributed by atoms with van der Waals surface area (Å²) in [5, 5.41) is 34.3. The van der Waals surface area contributed by atoms with Crippen LogP contribution >= 0.6 is 0 Å². The molecule has 4 N–H and O–H groups in total. The van der Waals surface area contributed by atoms with Crippen molar-refractivity contribution < 1.29 is 112 Å². The van der Waals surface area contributed by atoms with Crippen LogP contribution in [0.5, 0.6) is 0 Å². The Morgan fingerprint density at radius 2 is 0.422 bits per heavy atom. The molecule has 16 aromatic rings. The van der Waals surface area contributed by atoms with Gasteiger partial charge in [-0.2, -0.15) is 0 Å². The Balaban J connectivity index is 0.000000200. The average Bonchev–Trinajstić information content (AvgIpc) is 0.814. The fourth-order valence-electron chi connectivity index (χ4n) is 11.7. The summed E-state index contributed by atoms with van der Waals surface area (Å²) in [6.45, 7) is 6.64. The molecular formula is C98H82F2Ir2N8O4Pt2-4. The van der Waals surface area contributed by atoms with Crippen LogP contribution < -0.4 is 0 Å². The normalized spacial score (nSPS) is 11.2. The van der Waals surface area contributed by atoms with Crippen LogP contribution in [0.15, 0.2) is 352 Å². The molecule has 0 spiro atoms. The molecule has 18 heteroatoms. The molecule has 116 heavy (non-hydrogen) atoms. The molecule has 0 saturated carbocycles. The van der Waals surface area contributed by atoms with E-state index >= 15 is 0 Å². The molecule has 0 bridgehead atoms. The van der Waals surface area contributed by atoms with Gasteiger partial charge in [0.2, 0.25) is 0 Å². The Morgan fingerprint density at radius 3 is 0.595 bits per heavy atom. The van der Waals surface area contributed by atoms with Crippen molar-refractivity contribution in [2.24, 2.45) is 0 Å². The van der Waals surface area contributed by atoms with Crippen molar-refractivity contribution in [2.75, 3.05) is 0 Å². The maximum absolute atomic E-state index is 13.2. The van der Waals surface area contributed by atoms with Gasteiger partial charge in [0.15, 0.2) is 0 Å². The van der Waals surface area contributed by atoms with Crippen LogP contribution in [0, 0.1) is 35.9 Å². The van der Waals surface area contributed by atoms with Crippen molar-refractivity contribution in [1.29, 1.82) is 0 Å². The van der Waals surface area contributed by atoms with Crippen LogP contribution in [0.4, 0.5) is 8.78 Å². The molecule has 0 aliphatic carbocycles. The fourth-order valence-corrected chi connectivity index (χ4v) is 11.7. The van der Waals surface area contributed by atoms with Crippen molar-refractivity contribution in [3.05, 3.63) is 388 Å². The average molecular weight is 2250 g/mol. The monoisotopic (exact) mass is 2250 g/mol. The minimum absolute atomic E-state index is 0.